The maximum atomic E-state index is 14.8. The smallest absolute Gasteiger partial charge is 0.253 e. The number of nitrogens with two attached hydrogens (primary N) is 1. The fraction of sp³-hybridized carbons (Fsp3) is 0.258. The van der Waals surface area contributed by atoms with E-state index in [2.05, 4.69) is 25.6 Å². The Morgan fingerprint density at radius 2 is 1.80 bits per heavy atom. The van der Waals surface area contributed by atoms with E-state index >= 15 is 0 Å². The number of nitrogens with one attached hydrogen (secondary N) is 2. The molecule has 3 aliphatic rings. The monoisotopic (exact) mass is 552 g/mol. The van der Waals surface area contributed by atoms with Crippen LogP contribution in [0, 0.1) is 11.6 Å². The molecule has 2 amide bonds. The molecule has 8 nitrogen and oxygen atoms in total. The maximum absolute atomic E-state index is 14.8. The third kappa shape index (κ3) is 4.01. The number of pyridine rings is 3. The van der Waals surface area contributed by atoms with Crippen LogP contribution < -0.4 is 16.4 Å². The number of aromatic nitrogens is 3. The zero-order valence-electron chi connectivity index (χ0n) is 21.9. The third-order valence-corrected chi connectivity index (χ3v) is 8.72. The van der Waals surface area contributed by atoms with Gasteiger partial charge in [0.1, 0.15) is 5.82 Å². The van der Waals surface area contributed by atoms with E-state index in [4.69, 9.17) is 5.73 Å². The van der Waals surface area contributed by atoms with Crippen molar-refractivity contribution in [3.63, 3.8) is 0 Å². The van der Waals surface area contributed by atoms with Gasteiger partial charge in [-0.1, -0.05) is 24.3 Å². The number of rotatable bonds is 3. The second kappa shape index (κ2) is 9.52. The van der Waals surface area contributed by atoms with Crippen LogP contribution in [0.1, 0.15) is 74.8 Å². The van der Waals surface area contributed by atoms with Crippen molar-refractivity contribution < 1.29 is 18.4 Å². The number of benzene rings is 1. The zero-order valence-corrected chi connectivity index (χ0v) is 21.9. The Morgan fingerprint density at radius 1 is 1.00 bits per heavy atom. The third-order valence-electron chi connectivity index (χ3n) is 8.72. The van der Waals surface area contributed by atoms with Crippen LogP contribution in [0.4, 0.5) is 14.6 Å². The normalized spacial score (nSPS) is 24.3. The Balaban J connectivity index is 1.15. The van der Waals surface area contributed by atoms with E-state index in [0.717, 1.165) is 22.9 Å². The minimum absolute atomic E-state index is 0.114. The second-order valence-electron chi connectivity index (χ2n) is 11.0. The van der Waals surface area contributed by atoms with Crippen LogP contribution in [0.2, 0.25) is 0 Å². The lowest BCUT2D eigenvalue weighted by Gasteiger charge is -2.23. The maximum Gasteiger partial charge on any atom is 0.253 e. The lowest BCUT2D eigenvalue weighted by molar-refractivity contribution is -0.120. The number of hydrogen-bond acceptors (Lipinski definition) is 6. The molecule has 3 aromatic heterocycles. The molecule has 4 N–H and O–H groups in total. The number of anilines is 1. The molecule has 4 atom stereocenters. The van der Waals surface area contributed by atoms with Crippen molar-refractivity contribution in [2.24, 2.45) is 5.73 Å². The Kier molecular flexibility index (Phi) is 5.90. The highest BCUT2D eigenvalue weighted by Gasteiger charge is 2.51. The van der Waals surface area contributed by atoms with Crippen molar-refractivity contribution in [3.05, 3.63) is 118 Å². The number of amides is 2. The number of nitrogens with zero attached hydrogens (tertiary/aromatic N) is 3. The molecule has 7 rings (SSSR count). The van der Waals surface area contributed by atoms with Gasteiger partial charge in [-0.25, -0.2) is 13.8 Å². The summed E-state index contributed by atoms with van der Waals surface area (Å²) in [5.74, 6) is -2.21. The topological polar surface area (TPSA) is 123 Å². The van der Waals surface area contributed by atoms with E-state index < -0.39 is 35.1 Å². The summed E-state index contributed by atoms with van der Waals surface area (Å²) in [6.07, 6.45) is 6.49. The summed E-state index contributed by atoms with van der Waals surface area (Å²) in [6, 6.07) is 12.1. The van der Waals surface area contributed by atoms with Crippen LogP contribution >= 0.6 is 0 Å². The lowest BCUT2D eigenvalue weighted by Crippen LogP contribution is -2.35. The Morgan fingerprint density at radius 3 is 2.68 bits per heavy atom. The first-order valence-electron chi connectivity index (χ1n) is 13.6. The van der Waals surface area contributed by atoms with Gasteiger partial charge < -0.3 is 16.4 Å². The number of hydrogen-bond donors (Lipinski definition) is 3. The van der Waals surface area contributed by atoms with Crippen LogP contribution in [0.3, 0.4) is 0 Å². The molecule has 0 bridgehead atoms. The molecule has 4 heterocycles. The first-order chi connectivity index (χ1) is 19.9. The standard InChI is InChI=1S/C31H26F2N6O2/c32-22-7-1-4-18(25(22)33)19-8-9-23(27-20(26(19)34)5-2-10-35-27)38-29(40)17-12-16-13-31(14-24(16)37-15-17)21-6-3-11-36-28(21)39-30(31)41/h1-7,10-12,15,19,23,26H,8-9,13-14,34H2,(H,38,40)(H,36,39,41). The highest BCUT2D eigenvalue weighted by Crippen LogP contribution is 2.46. The fourth-order valence-electron chi connectivity index (χ4n) is 6.66. The number of halogens is 2. The average Bonchev–Trinajstić information content (AvgIpc) is 3.46. The van der Waals surface area contributed by atoms with E-state index in [1.807, 2.05) is 18.2 Å². The van der Waals surface area contributed by atoms with Gasteiger partial charge in [-0.15, -0.1) is 0 Å². The number of carbonyl (C=O) groups is 2. The summed E-state index contributed by atoms with van der Waals surface area (Å²) in [5, 5.41) is 5.95. The molecule has 0 radical (unpaired) electrons. The van der Waals surface area contributed by atoms with E-state index in [-0.39, 0.29) is 17.4 Å². The van der Waals surface area contributed by atoms with Crippen molar-refractivity contribution in [1.82, 2.24) is 20.3 Å². The largest absolute Gasteiger partial charge is 0.344 e. The highest BCUT2D eigenvalue weighted by molar-refractivity contribution is 6.06. The van der Waals surface area contributed by atoms with E-state index in [1.54, 1.807) is 30.6 Å². The van der Waals surface area contributed by atoms with Gasteiger partial charge in [0, 0.05) is 48.2 Å². The molecule has 0 saturated carbocycles. The average molecular weight is 553 g/mol. The predicted octanol–water partition coefficient (Wildman–Crippen LogP) is 4.19. The van der Waals surface area contributed by atoms with Crippen LogP contribution in [-0.2, 0) is 23.1 Å². The van der Waals surface area contributed by atoms with E-state index in [0.29, 0.717) is 48.3 Å². The molecule has 1 aromatic carbocycles. The lowest BCUT2D eigenvalue weighted by atomic mass is 9.80. The molecule has 41 heavy (non-hydrogen) atoms. The van der Waals surface area contributed by atoms with E-state index in [1.165, 1.54) is 12.3 Å². The van der Waals surface area contributed by atoms with Crippen molar-refractivity contribution in [3.8, 4) is 0 Å². The minimum atomic E-state index is -0.920. The molecule has 4 unspecified atom stereocenters. The molecule has 206 valence electrons. The number of carbonyl (C=O) groups excluding carboxylic acids is 2. The predicted molar refractivity (Wildman–Crippen MR) is 146 cm³/mol. The van der Waals surface area contributed by atoms with Gasteiger partial charge in [-0.3, -0.25) is 19.6 Å². The Labute approximate surface area is 234 Å². The van der Waals surface area contributed by atoms with Crippen LogP contribution in [0.15, 0.2) is 67.1 Å². The summed E-state index contributed by atoms with van der Waals surface area (Å²) in [4.78, 5) is 40.0. The Hall–Kier alpha value is -4.57. The van der Waals surface area contributed by atoms with Gasteiger partial charge in [-0.2, -0.15) is 0 Å². The molecule has 10 heteroatoms. The SMILES string of the molecule is NC1c2cccnc2C(NC(=O)c2cnc3c(c2)CC2(C3)C(=O)Nc3ncccc32)CCC1c1cccc(F)c1F. The fourth-order valence-corrected chi connectivity index (χ4v) is 6.66. The first kappa shape index (κ1) is 25.4. The summed E-state index contributed by atoms with van der Waals surface area (Å²) < 4.78 is 28.8. The molecule has 0 saturated heterocycles. The minimum Gasteiger partial charge on any atom is -0.344 e. The first-order valence-corrected chi connectivity index (χ1v) is 13.6. The van der Waals surface area contributed by atoms with E-state index in [9.17, 15) is 18.4 Å². The van der Waals surface area contributed by atoms with Gasteiger partial charge in [0.15, 0.2) is 11.6 Å². The second-order valence-corrected chi connectivity index (χ2v) is 11.0. The molecule has 1 spiro atoms. The highest BCUT2D eigenvalue weighted by atomic mass is 19.2. The molecular weight excluding hydrogens is 526 g/mol. The van der Waals surface area contributed by atoms with Crippen molar-refractivity contribution in [2.75, 3.05) is 5.32 Å². The van der Waals surface area contributed by atoms with Gasteiger partial charge >= 0.3 is 0 Å². The summed E-state index contributed by atoms with van der Waals surface area (Å²) in [6.45, 7) is 0. The van der Waals surface area contributed by atoms with Gasteiger partial charge in [-0.05, 0) is 60.2 Å². The number of fused-ring (bicyclic) bond motifs is 4. The van der Waals surface area contributed by atoms with Crippen LogP contribution in [-0.4, -0.2) is 26.8 Å². The van der Waals surface area contributed by atoms with Gasteiger partial charge in [0.05, 0.1) is 22.7 Å². The quantitative estimate of drug-likeness (QED) is 0.328. The zero-order chi connectivity index (χ0) is 28.3. The van der Waals surface area contributed by atoms with Crippen LogP contribution in [0.5, 0.6) is 0 Å². The molecule has 4 aromatic rings. The van der Waals surface area contributed by atoms with Crippen molar-refractivity contribution in [2.45, 2.75) is 49.1 Å². The van der Waals surface area contributed by atoms with Gasteiger partial charge in [0.25, 0.3) is 5.91 Å². The summed E-state index contributed by atoms with van der Waals surface area (Å²) >= 11 is 0. The molecular formula is C31H26F2N6O2. The summed E-state index contributed by atoms with van der Waals surface area (Å²) in [5.41, 5.74) is 10.2. The molecule has 2 aliphatic carbocycles. The van der Waals surface area contributed by atoms with Crippen molar-refractivity contribution in [1.29, 1.82) is 0 Å². The molecule has 1 aliphatic heterocycles. The van der Waals surface area contributed by atoms with Crippen molar-refractivity contribution >= 4 is 17.6 Å². The van der Waals surface area contributed by atoms with Crippen LogP contribution in [0.25, 0.3) is 0 Å². The Bertz CT molecular complexity index is 1730. The summed E-state index contributed by atoms with van der Waals surface area (Å²) in [7, 11) is 0. The molecule has 0 fully saturated rings. The van der Waals surface area contributed by atoms with Gasteiger partial charge in [0.2, 0.25) is 5.91 Å².